The number of hydrogen-bond donors (Lipinski definition) is 0. The van der Waals surface area contributed by atoms with E-state index in [0.29, 0.717) is 0 Å². The summed E-state index contributed by atoms with van der Waals surface area (Å²) >= 11 is 10.9. The molecule has 0 aromatic heterocycles. The largest absolute Gasteiger partial charge is 0.573 e. The Labute approximate surface area is 98.9 Å². The molecule has 1 aromatic carbocycles. The number of benzene rings is 1. The molecule has 0 radical (unpaired) electrons. The Morgan fingerprint density at radius 2 is 2.00 bits per heavy atom. The molecule has 0 aliphatic rings. The molecule has 0 atom stereocenters. The number of rotatable bonds is 3. The molecule has 0 N–H and O–H groups in total. The molecule has 1 aromatic rings. The molecule has 0 amide bonds. The fourth-order valence-electron chi connectivity index (χ4n) is 1.00. The van der Waals surface area contributed by atoms with Crippen LogP contribution in [0.15, 0.2) is 18.2 Å². The van der Waals surface area contributed by atoms with Crippen LogP contribution in [0.1, 0.15) is 10.4 Å². The fourth-order valence-corrected chi connectivity index (χ4v) is 1.42. The topological polar surface area (TPSA) is 26.3 Å². The quantitative estimate of drug-likeness (QED) is 0.620. The molecule has 0 heterocycles. The van der Waals surface area contributed by atoms with E-state index in [0.717, 1.165) is 6.07 Å². The molecule has 0 spiro atoms. The van der Waals surface area contributed by atoms with Crippen LogP contribution in [0, 0.1) is 0 Å². The van der Waals surface area contributed by atoms with Crippen LogP contribution in [0.25, 0.3) is 0 Å². The number of carbonyl (C=O) groups excluding carboxylic acids is 1. The number of halogens is 5. The van der Waals surface area contributed by atoms with E-state index >= 15 is 0 Å². The SMILES string of the molecule is O=C(CCl)c1cccc(OC(F)(F)F)c1Cl. The van der Waals surface area contributed by atoms with Crippen molar-refractivity contribution < 1.29 is 22.7 Å². The lowest BCUT2D eigenvalue weighted by atomic mass is 10.1. The fraction of sp³-hybridized carbons (Fsp3) is 0.222. The van der Waals surface area contributed by atoms with Gasteiger partial charge in [0.05, 0.1) is 10.9 Å². The summed E-state index contributed by atoms with van der Waals surface area (Å²) in [5.74, 6) is -1.56. The van der Waals surface area contributed by atoms with Gasteiger partial charge in [-0.25, -0.2) is 0 Å². The third kappa shape index (κ3) is 3.28. The van der Waals surface area contributed by atoms with Crippen LogP contribution in [0.2, 0.25) is 5.02 Å². The summed E-state index contributed by atoms with van der Waals surface area (Å²) in [7, 11) is 0. The van der Waals surface area contributed by atoms with E-state index in [1.54, 1.807) is 0 Å². The van der Waals surface area contributed by atoms with Crippen molar-refractivity contribution in [2.75, 3.05) is 5.88 Å². The maximum absolute atomic E-state index is 11.9. The zero-order valence-corrected chi connectivity index (χ0v) is 9.16. The van der Waals surface area contributed by atoms with Crippen molar-refractivity contribution in [1.29, 1.82) is 0 Å². The van der Waals surface area contributed by atoms with Crippen LogP contribution in [0.3, 0.4) is 0 Å². The molecule has 0 aliphatic heterocycles. The lowest BCUT2D eigenvalue weighted by Gasteiger charge is -2.11. The zero-order chi connectivity index (χ0) is 12.3. The number of hydrogen-bond acceptors (Lipinski definition) is 2. The van der Waals surface area contributed by atoms with Crippen molar-refractivity contribution in [3.8, 4) is 5.75 Å². The minimum atomic E-state index is -4.85. The second-order valence-electron chi connectivity index (χ2n) is 2.72. The first-order valence-corrected chi connectivity index (χ1v) is 4.90. The summed E-state index contributed by atoms with van der Waals surface area (Å²) in [4.78, 5) is 11.2. The van der Waals surface area contributed by atoms with E-state index in [1.165, 1.54) is 12.1 Å². The highest BCUT2D eigenvalue weighted by molar-refractivity contribution is 6.38. The van der Waals surface area contributed by atoms with Gasteiger partial charge in [-0.05, 0) is 12.1 Å². The van der Waals surface area contributed by atoms with Gasteiger partial charge >= 0.3 is 6.36 Å². The normalized spacial score (nSPS) is 11.3. The molecule has 0 bridgehead atoms. The van der Waals surface area contributed by atoms with Crippen molar-refractivity contribution in [1.82, 2.24) is 0 Å². The van der Waals surface area contributed by atoms with Gasteiger partial charge in [-0.1, -0.05) is 17.7 Å². The Kier molecular flexibility index (Phi) is 4.04. The highest BCUT2D eigenvalue weighted by Gasteiger charge is 2.32. The van der Waals surface area contributed by atoms with E-state index in [2.05, 4.69) is 4.74 Å². The summed E-state index contributed by atoms with van der Waals surface area (Å²) in [5.41, 5.74) is -0.0987. The highest BCUT2D eigenvalue weighted by Crippen LogP contribution is 2.32. The average molecular weight is 273 g/mol. The number of ether oxygens (including phenoxy) is 1. The maximum Gasteiger partial charge on any atom is 0.573 e. The van der Waals surface area contributed by atoms with Crippen LogP contribution >= 0.6 is 23.2 Å². The summed E-state index contributed by atoms with van der Waals surface area (Å²) < 4.78 is 39.5. The number of alkyl halides is 4. The van der Waals surface area contributed by atoms with Crippen LogP contribution in [0.5, 0.6) is 5.75 Å². The Morgan fingerprint density at radius 1 is 1.38 bits per heavy atom. The van der Waals surface area contributed by atoms with E-state index in [4.69, 9.17) is 23.2 Å². The first kappa shape index (κ1) is 13.1. The third-order valence-corrected chi connectivity index (χ3v) is 2.24. The van der Waals surface area contributed by atoms with Gasteiger partial charge in [0, 0.05) is 5.56 Å². The van der Waals surface area contributed by atoms with Crippen molar-refractivity contribution in [3.05, 3.63) is 28.8 Å². The summed E-state index contributed by atoms with van der Waals surface area (Å²) in [6.45, 7) is 0. The molecule has 0 unspecified atom stereocenters. The molecule has 0 fully saturated rings. The molecule has 0 aliphatic carbocycles. The van der Waals surface area contributed by atoms with E-state index in [1.807, 2.05) is 0 Å². The summed E-state index contributed by atoms with van der Waals surface area (Å²) in [5, 5.41) is -0.398. The maximum atomic E-state index is 11.9. The van der Waals surface area contributed by atoms with Crippen molar-refractivity contribution >= 4 is 29.0 Å². The highest BCUT2D eigenvalue weighted by atomic mass is 35.5. The van der Waals surface area contributed by atoms with E-state index in [-0.39, 0.29) is 11.4 Å². The van der Waals surface area contributed by atoms with Gasteiger partial charge in [0.15, 0.2) is 5.78 Å². The van der Waals surface area contributed by atoms with Gasteiger partial charge in [0.1, 0.15) is 5.75 Å². The average Bonchev–Trinajstić information content (AvgIpc) is 2.18. The zero-order valence-electron chi connectivity index (χ0n) is 7.65. The molecule has 16 heavy (non-hydrogen) atoms. The van der Waals surface area contributed by atoms with Gasteiger partial charge in [-0.15, -0.1) is 24.8 Å². The number of ketones is 1. The minimum Gasteiger partial charge on any atom is -0.404 e. The molecule has 88 valence electrons. The standard InChI is InChI=1S/C9H5Cl2F3O2/c10-4-6(15)5-2-1-3-7(8(5)11)16-9(12,13)14/h1-3H,4H2. The first-order chi connectivity index (χ1) is 7.35. The van der Waals surface area contributed by atoms with Crippen LogP contribution in [-0.2, 0) is 0 Å². The monoisotopic (exact) mass is 272 g/mol. The molecule has 1 rings (SSSR count). The smallest absolute Gasteiger partial charge is 0.404 e. The van der Waals surface area contributed by atoms with Gasteiger partial charge in [0.2, 0.25) is 0 Å². The predicted octanol–water partition coefficient (Wildman–Crippen LogP) is 3.66. The van der Waals surface area contributed by atoms with Crippen LogP contribution in [0.4, 0.5) is 13.2 Å². The molecule has 2 nitrogen and oxygen atoms in total. The molecule has 0 saturated heterocycles. The van der Waals surface area contributed by atoms with Crippen molar-refractivity contribution in [2.24, 2.45) is 0 Å². The van der Waals surface area contributed by atoms with E-state index < -0.39 is 22.9 Å². The van der Waals surface area contributed by atoms with Gasteiger partial charge in [-0.2, -0.15) is 0 Å². The lowest BCUT2D eigenvalue weighted by Crippen LogP contribution is -2.18. The van der Waals surface area contributed by atoms with Gasteiger partial charge < -0.3 is 4.74 Å². The Hall–Kier alpha value is -0.940. The molecular weight excluding hydrogens is 268 g/mol. The van der Waals surface area contributed by atoms with E-state index in [9.17, 15) is 18.0 Å². The Balaban J connectivity index is 3.09. The third-order valence-electron chi connectivity index (χ3n) is 1.61. The van der Waals surface area contributed by atoms with Crippen molar-refractivity contribution in [3.63, 3.8) is 0 Å². The minimum absolute atomic E-state index is 0.0987. The summed E-state index contributed by atoms with van der Waals surface area (Å²) in [6.07, 6.45) is -4.85. The first-order valence-electron chi connectivity index (χ1n) is 3.98. The number of carbonyl (C=O) groups is 1. The second-order valence-corrected chi connectivity index (χ2v) is 3.37. The second kappa shape index (κ2) is 4.93. The Morgan fingerprint density at radius 3 is 2.50 bits per heavy atom. The molecule has 7 heteroatoms. The van der Waals surface area contributed by atoms with Crippen LogP contribution < -0.4 is 4.74 Å². The number of Topliss-reactive ketones (excluding diaryl/α,β-unsaturated/α-hetero) is 1. The predicted molar refractivity (Wildman–Crippen MR) is 53.2 cm³/mol. The molecular formula is C9H5Cl2F3O2. The summed E-state index contributed by atoms with van der Waals surface area (Å²) in [6, 6.07) is 3.52. The molecule has 0 saturated carbocycles. The van der Waals surface area contributed by atoms with Crippen LogP contribution in [-0.4, -0.2) is 18.0 Å². The van der Waals surface area contributed by atoms with Crippen molar-refractivity contribution in [2.45, 2.75) is 6.36 Å². The Bertz CT molecular complexity index is 404. The van der Waals surface area contributed by atoms with Gasteiger partial charge in [-0.3, -0.25) is 4.79 Å². The van der Waals surface area contributed by atoms with Gasteiger partial charge in [0.25, 0.3) is 0 Å². The lowest BCUT2D eigenvalue weighted by molar-refractivity contribution is -0.274.